The molecule has 2 atom stereocenters. The summed E-state index contributed by atoms with van der Waals surface area (Å²) in [5.74, 6) is 0. The van der Waals surface area contributed by atoms with Gasteiger partial charge in [-0.1, -0.05) is 52.0 Å². The van der Waals surface area contributed by atoms with Gasteiger partial charge in [0.05, 0.1) is 0 Å². The largest absolute Gasteiger partial charge is 0.329 e. The van der Waals surface area contributed by atoms with Crippen LogP contribution in [0.3, 0.4) is 0 Å². The normalized spacial score (nSPS) is 15.4. The lowest BCUT2D eigenvalue weighted by molar-refractivity contribution is 0.451. The second kappa shape index (κ2) is 6.35. The number of rotatable bonds is 5. The van der Waals surface area contributed by atoms with Gasteiger partial charge in [0.25, 0.3) is 0 Å². The van der Waals surface area contributed by atoms with Gasteiger partial charge >= 0.3 is 0 Å². The molecule has 0 radical (unpaired) electrons. The fourth-order valence-electron chi connectivity index (χ4n) is 1.98. The van der Waals surface area contributed by atoms with Gasteiger partial charge in [-0.3, -0.25) is 0 Å². The van der Waals surface area contributed by atoms with Crippen molar-refractivity contribution in [1.82, 2.24) is 5.32 Å². The van der Waals surface area contributed by atoms with Crippen LogP contribution in [0.15, 0.2) is 24.3 Å². The quantitative estimate of drug-likeness (QED) is 0.838. The van der Waals surface area contributed by atoms with Gasteiger partial charge in [0.1, 0.15) is 0 Å². The molecule has 0 aromatic heterocycles. The molecule has 1 aromatic rings. The Kier molecular flexibility index (Phi) is 5.36. The highest BCUT2D eigenvalue weighted by molar-refractivity contribution is 5.29. The van der Waals surface area contributed by atoms with E-state index in [0.29, 0.717) is 12.6 Å². The van der Waals surface area contributed by atoms with Gasteiger partial charge in [-0.2, -0.15) is 0 Å². The van der Waals surface area contributed by atoms with Crippen LogP contribution in [-0.4, -0.2) is 12.6 Å². The van der Waals surface area contributed by atoms with Gasteiger partial charge in [-0.15, -0.1) is 0 Å². The van der Waals surface area contributed by atoms with E-state index in [1.54, 1.807) is 0 Å². The summed E-state index contributed by atoms with van der Waals surface area (Å²) in [7, 11) is 0. The zero-order valence-electron chi connectivity index (χ0n) is 12.5. The molecule has 0 amide bonds. The van der Waals surface area contributed by atoms with Crippen LogP contribution in [0, 0.1) is 0 Å². The maximum absolute atomic E-state index is 5.87. The van der Waals surface area contributed by atoms with Crippen LogP contribution in [0.5, 0.6) is 0 Å². The fourth-order valence-corrected chi connectivity index (χ4v) is 1.98. The Morgan fingerprint density at radius 3 is 2.11 bits per heavy atom. The van der Waals surface area contributed by atoms with Gasteiger partial charge in [-0.25, -0.2) is 0 Å². The fraction of sp³-hybridized carbons (Fsp3) is 0.625. The molecule has 0 saturated heterocycles. The topological polar surface area (TPSA) is 38.0 Å². The third-order valence-corrected chi connectivity index (χ3v) is 3.51. The average molecular weight is 248 g/mol. The molecule has 0 fully saturated rings. The highest BCUT2D eigenvalue weighted by atomic mass is 15.0. The van der Waals surface area contributed by atoms with Crippen LogP contribution >= 0.6 is 0 Å². The van der Waals surface area contributed by atoms with Gasteiger partial charge in [0.15, 0.2) is 0 Å². The van der Waals surface area contributed by atoms with Crippen molar-refractivity contribution in [3.05, 3.63) is 35.4 Å². The molecule has 0 aliphatic rings. The van der Waals surface area contributed by atoms with Gasteiger partial charge < -0.3 is 11.1 Å². The van der Waals surface area contributed by atoms with Crippen LogP contribution < -0.4 is 11.1 Å². The van der Waals surface area contributed by atoms with E-state index in [2.05, 4.69) is 64.2 Å². The first kappa shape index (κ1) is 15.2. The predicted octanol–water partition coefficient (Wildman–Crippen LogP) is 3.37. The van der Waals surface area contributed by atoms with Crippen LogP contribution in [0.25, 0.3) is 0 Å². The molecule has 0 saturated carbocycles. The molecular weight excluding hydrogens is 220 g/mol. The van der Waals surface area contributed by atoms with E-state index in [0.717, 1.165) is 6.42 Å². The third-order valence-electron chi connectivity index (χ3n) is 3.51. The van der Waals surface area contributed by atoms with Crippen molar-refractivity contribution in [3.63, 3.8) is 0 Å². The molecule has 18 heavy (non-hydrogen) atoms. The number of nitrogens with one attached hydrogen (secondary N) is 1. The molecule has 0 spiro atoms. The van der Waals surface area contributed by atoms with E-state index in [4.69, 9.17) is 5.73 Å². The van der Waals surface area contributed by atoms with E-state index in [-0.39, 0.29) is 11.5 Å². The standard InChI is InChI=1S/C16H28N2/c1-6-12(2)18-15(11-17)13-7-9-14(10-8-13)16(3,4)5/h7-10,12,15,18H,6,11,17H2,1-5H3. The molecule has 0 heterocycles. The molecule has 3 N–H and O–H groups in total. The summed E-state index contributed by atoms with van der Waals surface area (Å²) in [4.78, 5) is 0. The predicted molar refractivity (Wildman–Crippen MR) is 79.8 cm³/mol. The number of benzene rings is 1. The van der Waals surface area contributed by atoms with Gasteiger partial charge in [0.2, 0.25) is 0 Å². The molecule has 2 unspecified atom stereocenters. The monoisotopic (exact) mass is 248 g/mol. The molecule has 0 bridgehead atoms. The minimum atomic E-state index is 0.209. The van der Waals surface area contributed by atoms with Crippen LogP contribution in [-0.2, 0) is 5.41 Å². The summed E-state index contributed by atoms with van der Waals surface area (Å²) >= 11 is 0. The van der Waals surface area contributed by atoms with E-state index >= 15 is 0 Å². The molecule has 0 aliphatic heterocycles. The average Bonchev–Trinajstić information content (AvgIpc) is 2.34. The first-order valence-electron chi connectivity index (χ1n) is 6.95. The first-order valence-corrected chi connectivity index (χ1v) is 6.95. The number of hydrogen-bond donors (Lipinski definition) is 2. The van der Waals surface area contributed by atoms with Crippen LogP contribution in [0.1, 0.15) is 58.2 Å². The zero-order valence-corrected chi connectivity index (χ0v) is 12.5. The van der Waals surface area contributed by atoms with E-state index in [1.165, 1.54) is 11.1 Å². The van der Waals surface area contributed by atoms with Crippen molar-refractivity contribution in [2.24, 2.45) is 5.73 Å². The Balaban J connectivity index is 2.82. The summed E-state index contributed by atoms with van der Waals surface area (Å²) < 4.78 is 0. The molecule has 2 heteroatoms. The second-order valence-corrected chi connectivity index (χ2v) is 6.14. The summed E-state index contributed by atoms with van der Waals surface area (Å²) in [6.07, 6.45) is 1.12. The molecule has 2 nitrogen and oxygen atoms in total. The van der Waals surface area contributed by atoms with E-state index in [9.17, 15) is 0 Å². The lowest BCUT2D eigenvalue weighted by Gasteiger charge is -2.24. The van der Waals surface area contributed by atoms with E-state index < -0.39 is 0 Å². The summed E-state index contributed by atoms with van der Waals surface area (Å²) in [6, 6.07) is 9.60. The minimum Gasteiger partial charge on any atom is -0.329 e. The second-order valence-electron chi connectivity index (χ2n) is 6.14. The van der Waals surface area contributed by atoms with Crippen molar-refractivity contribution in [2.75, 3.05) is 6.54 Å². The van der Waals surface area contributed by atoms with Crippen molar-refractivity contribution < 1.29 is 0 Å². The molecule has 1 aromatic carbocycles. The van der Waals surface area contributed by atoms with Crippen molar-refractivity contribution in [2.45, 2.75) is 58.5 Å². The van der Waals surface area contributed by atoms with Crippen LogP contribution in [0.4, 0.5) is 0 Å². The minimum absolute atomic E-state index is 0.209. The Hall–Kier alpha value is -0.860. The lowest BCUT2D eigenvalue weighted by Crippen LogP contribution is -2.34. The van der Waals surface area contributed by atoms with Crippen LogP contribution in [0.2, 0.25) is 0 Å². The SMILES string of the molecule is CCC(C)NC(CN)c1ccc(C(C)(C)C)cc1. The first-order chi connectivity index (χ1) is 8.38. The Bertz CT molecular complexity index is 348. The maximum atomic E-state index is 5.87. The number of nitrogens with two attached hydrogens (primary N) is 1. The van der Waals surface area contributed by atoms with Crippen molar-refractivity contribution in [3.8, 4) is 0 Å². The Morgan fingerprint density at radius 1 is 1.17 bits per heavy atom. The molecule has 0 aliphatic carbocycles. The molecular formula is C16H28N2. The third kappa shape index (κ3) is 4.11. The van der Waals surface area contributed by atoms with Gasteiger partial charge in [0, 0.05) is 18.6 Å². The highest BCUT2D eigenvalue weighted by Gasteiger charge is 2.15. The smallest absolute Gasteiger partial charge is 0.0446 e. The van der Waals surface area contributed by atoms with Crippen molar-refractivity contribution >= 4 is 0 Å². The Morgan fingerprint density at radius 2 is 1.72 bits per heavy atom. The molecule has 102 valence electrons. The summed E-state index contributed by atoms with van der Waals surface area (Å²) in [5, 5.41) is 3.57. The zero-order chi connectivity index (χ0) is 13.8. The summed E-state index contributed by atoms with van der Waals surface area (Å²) in [5.41, 5.74) is 8.73. The number of hydrogen-bond acceptors (Lipinski definition) is 2. The summed E-state index contributed by atoms with van der Waals surface area (Å²) in [6.45, 7) is 11.7. The van der Waals surface area contributed by atoms with E-state index in [1.807, 2.05) is 0 Å². The lowest BCUT2D eigenvalue weighted by atomic mass is 9.86. The van der Waals surface area contributed by atoms with Gasteiger partial charge in [-0.05, 0) is 29.9 Å². The van der Waals surface area contributed by atoms with Crippen molar-refractivity contribution in [1.29, 1.82) is 0 Å². The molecule has 1 rings (SSSR count). The maximum Gasteiger partial charge on any atom is 0.0446 e. The highest BCUT2D eigenvalue weighted by Crippen LogP contribution is 2.24. The Labute approximate surface area is 112 Å².